The summed E-state index contributed by atoms with van der Waals surface area (Å²) >= 11 is 3.40. The fourth-order valence-electron chi connectivity index (χ4n) is 1.62. The number of hydrogen-bond donors (Lipinski definition) is 0. The molecule has 2 rings (SSSR count). The Bertz CT molecular complexity index is 611. The topological polar surface area (TPSA) is 33.0 Å². The van der Waals surface area contributed by atoms with Crippen molar-refractivity contribution in [2.24, 2.45) is 0 Å². The van der Waals surface area contributed by atoms with Gasteiger partial charge in [-0.15, -0.1) is 0 Å². The van der Waals surface area contributed by atoms with Crippen molar-refractivity contribution in [1.29, 1.82) is 5.26 Å². The number of allylic oxidation sites excluding steroid dienone is 1. The second-order valence-corrected chi connectivity index (χ2v) is 4.83. The quantitative estimate of drug-likeness (QED) is 0.775. The van der Waals surface area contributed by atoms with Crippen molar-refractivity contribution in [3.63, 3.8) is 0 Å². The summed E-state index contributed by atoms with van der Waals surface area (Å²) in [7, 11) is 0. The monoisotopic (exact) mass is 313 g/mol. The van der Waals surface area contributed by atoms with Gasteiger partial charge in [-0.05, 0) is 29.8 Å². The van der Waals surface area contributed by atoms with Crippen LogP contribution in [0.4, 0.5) is 0 Å². The van der Waals surface area contributed by atoms with E-state index in [2.05, 4.69) is 15.9 Å². The van der Waals surface area contributed by atoms with Crippen LogP contribution in [0.5, 0.6) is 5.75 Å². The van der Waals surface area contributed by atoms with E-state index in [9.17, 15) is 0 Å². The number of para-hydroxylation sites is 1. The molecule has 0 aliphatic carbocycles. The highest BCUT2D eigenvalue weighted by atomic mass is 79.9. The van der Waals surface area contributed by atoms with Crippen LogP contribution < -0.4 is 4.74 Å². The third kappa shape index (κ3) is 3.97. The molecule has 0 aliphatic rings. The van der Waals surface area contributed by atoms with E-state index in [1.807, 2.05) is 54.6 Å². The molecule has 0 N–H and O–H groups in total. The minimum absolute atomic E-state index is 0.505. The van der Waals surface area contributed by atoms with Crippen LogP contribution in [0.25, 0.3) is 6.08 Å². The molecule has 0 unspecified atom stereocenters. The van der Waals surface area contributed by atoms with Crippen molar-refractivity contribution in [2.75, 3.05) is 0 Å². The van der Waals surface area contributed by atoms with Gasteiger partial charge in [0.25, 0.3) is 0 Å². The number of halogens is 1. The van der Waals surface area contributed by atoms with Crippen LogP contribution in [0.1, 0.15) is 11.1 Å². The first-order valence-corrected chi connectivity index (χ1v) is 6.61. The highest BCUT2D eigenvalue weighted by Gasteiger charge is 2.00. The normalized spacial score (nSPS) is 10.3. The molecule has 2 aromatic rings. The van der Waals surface area contributed by atoms with Crippen LogP contribution in [0, 0.1) is 11.3 Å². The van der Waals surface area contributed by atoms with Crippen molar-refractivity contribution in [1.82, 2.24) is 0 Å². The van der Waals surface area contributed by atoms with Crippen molar-refractivity contribution in [2.45, 2.75) is 6.61 Å². The van der Waals surface area contributed by atoms with E-state index < -0.39 is 0 Å². The van der Waals surface area contributed by atoms with E-state index in [1.165, 1.54) is 6.08 Å². The van der Waals surface area contributed by atoms with Crippen LogP contribution in [0.2, 0.25) is 0 Å². The number of rotatable bonds is 4. The van der Waals surface area contributed by atoms with E-state index in [0.717, 1.165) is 21.3 Å². The van der Waals surface area contributed by atoms with Crippen LogP contribution in [-0.2, 0) is 6.61 Å². The maximum absolute atomic E-state index is 8.57. The zero-order valence-electron chi connectivity index (χ0n) is 10.2. The molecule has 0 aliphatic heterocycles. The minimum Gasteiger partial charge on any atom is -0.488 e. The summed E-state index contributed by atoms with van der Waals surface area (Å²) in [5, 5.41) is 8.57. The average Bonchev–Trinajstić information content (AvgIpc) is 2.45. The van der Waals surface area contributed by atoms with Gasteiger partial charge in [-0.25, -0.2) is 0 Å². The molecule has 0 heterocycles. The molecule has 0 saturated carbocycles. The first kappa shape index (κ1) is 13.4. The van der Waals surface area contributed by atoms with E-state index >= 15 is 0 Å². The van der Waals surface area contributed by atoms with Crippen molar-refractivity contribution < 1.29 is 4.74 Å². The molecule has 0 radical (unpaired) electrons. The Balaban J connectivity index is 2.09. The standard InChI is InChI=1S/C16H12BrNO/c17-15-9-7-13(8-10-15)12-19-16-6-2-1-4-14(16)5-3-11-18/h1-10H,12H2. The zero-order chi connectivity index (χ0) is 13.5. The predicted molar refractivity (Wildman–Crippen MR) is 79.6 cm³/mol. The van der Waals surface area contributed by atoms with Crippen LogP contribution in [-0.4, -0.2) is 0 Å². The minimum atomic E-state index is 0.505. The third-order valence-electron chi connectivity index (χ3n) is 2.56. The first-order valence-electron chi connectivity index (χ1n) is 5.82. The number of ether oxygens (including phenoxy) is 1. The van der Waals surface area contributed by atoms with Crippen molar-refractivity contribution >= 4 is 22.0 Å². The zero-order valence-corrected chi connectivity index (χ0v) is 11.8. The van der Waals surface area contributed by atoms with Crippen LogP contribution in [0.15, 0.2) is 59.1 Å². The summed E-state index contributed by atoms with van der Waals surface area (Å²) in [4.78, 5) is 0. The lowest BCUT2D eigenvalue weighted by Crippen LogP contribution is -1.96. The lowest BCUT2D eigenvalue weighted by molar-refractivity contribution is 0.305. The second-order valence-electron chi connectivity index (χ2n) is 3.92. The Kier molecular flexibility index (Phi) is 4.77. The summed E-state index contributed by atoms with van der Waals surface area (Å²) in [5.74, 6) is 0.775. The molecule has 0 aromatic heterocycles. The molecule has 2 nitrogen and oxygen atoms in total. The van der Waals surface area contributed by atoms with Crippen molar-refractivity contribution in [3.05, 3.63) is 70.2 Å². The fourth-order valence-corrected chi connectivity index (χ4v) is 1.88. The second kappa shape index (κ2) is 6.77. The number of hydrogen-bond acceptors (Lipinski definition) is 2. The van der Waals surface area contributed by atoms with Crippen LogP contribution in [0.3, 0.4) is 0 Å². The molecular formula is C16H12BrNO. The van der Waals surface area contributed by atoms with Gasteiger partial charge >= 0.3 is 0 Å². The lowest BCUT2D eigenvalue weighted by Gasteiger charge is -2.09. The smallest absolute Gasteiger partial charge is 0.127 e. The van der Waals surface area contributed by atoms with Gasteiger partial charge in [0.15, 0.2) is 0 Å². The van der Waals surface area contributed by atoms with E-state index in [4.69, 9.17) is 10.00 Å². The SMILES string of the molecule is N#CC=Cc1ccccc1OCc1ccc(Br)cc1. The molecule has 2 aromatic carbocycles. The number of benzene rings is 2. The van der Waals surface area contributed by atoms with E-state index in [0.29, 0.717) is 6.61 Å². The van der Waals surface area contributed by atoms with E-state index in [-0.39, 0.29) is 0 Å². The Hall–Kier alpha value is -2.05. The van der Waals surface area contributed by atoms with E-state index in [1.54, 1.807) is 6.08 Å². The molecule has 3 heteroatoms. The van der Waals surface area contributed by atoms with Gasteiger partial charge in [0.05, 0.1) is 6.07 Å². The van der Waals surface area contributed by atoms with Gasteiger partial charge < -0.3 is 4.74 Å². The highest BCUT2D eigenvalue weighted by Crippen LogP contribution is 2.21. The Morgan fingerprint density at radius 1 is 1.11 bits per heavy atom. The summed E-state index contributed by atoms with van der Waals surface area (Å²) in [6.45, 7) is 0.505. The Labute approximate surface area is 121 Å². The van der Waals surface area contributed by atoms with Gasteiger partial charge in [-0.3, -0.25) is 0 Å². The number of nitrogens with zero attached hydrogens (tertiary/aromatic N) is 1. The number of nitriles is 1. The molecule has 19 heavy (non-hydrogen) atoms. The molecule has 0 amide bonds. The summed E-state index contributed by atoms with van der Waals surface area (Å²) in [6, 6.07) is 17.6. The molecular weight excluding hydrogens is 302 g/mol. The van der Waals surface area contributed by atoms with Crippen molar-refractivity contribution in [3.8, 4) is 11.8 Å². The van der Waals surface area contributed by atoms with Gasteiger partial charge in [-0.1, -0.05) is 46.3 Å². The largest absolute Gasteiger partial charge is 0.488 e. The summed E-state index contributed by atoms with van der Waals surface area (Å²) in [6.07, 6.45) is 3.19. The first-order chi connectivity index (χ1) is 9.29. The molecule has 0 saturated heterocycles. The maximum atomic E-state index is 8.57. The lowest BCUT2D eigenvalue weighted by atomic mass is 10.2. The summed E-state index contributed by atoms with van der Waals surface area (Å²) in [5.41, 5.74) is 2.00. The maximum Gasteiger partial charge on any atom is 0.127 e. The predicted octanol–water partition coefficient (Wildman–Crippen LogP) is 4.56. The molecule has 94 valence electrons. The van der Waals surface area contributed by atoms with Gasteiger partial charge in [0.1, 0.15) is 12.4 Å². The third-order valence-corrected chi connectivity index (χ3v) is 3.09. The Morgan fingerprint density at radius 2 is 1.84 bits per heavy atom. The summed E-state index contributed by atoms with van der Waals surface area (Å²) < 4.78 is 6.83. The molecule has 0 spiro atoms. The van der Waals surface area contributed by atoms with Gasteiger partial charge in [0.2, 0.25) is 0 Å². The molecule has 0 atom stereocenters. The average molecular weight is 314 g/mol. The molecule has 0 fully saturated rings. The fraction of sp³-hybridized carbons (Fsp3) is 0.0625. The highest BCUT2D eigenvalue weighted by molar-refractivity contribution is 9.10. The van der Waals surface area contributed by atoms with Gasteiger partial charge in [-0.2, -0.15) is 5.26 Å². The van der Waals surface area contributed by atoms with Gasteiger partial charge in [0, 0.05) is 16.1 Å². The Morgan fingerprint density at radius 3 is 2.58 bits per heavy atom. The molecule has 0 bridgehead atoms. The van der Waals surface area contributed by atoms with Crippen LogP contribution >= 0.6 is 15.9 Å².